The lowest BCUT2D eigenvalue weighted by atomic mass is 9.91. The van der Waals surface area contributed by atoms with E-state index in [9.17, 15) is 14.7 Å². The van der Waals surface area contributed by atoms with E-state index in [1.807, 2.05) is 6.08 Å². The zero-order chi connectivity index (χ0) is 17.5. The molecule has 3 rings (SSSR count). The van der Waals surface area contributed by atoms with Crippen LogP contribution in [0.4, 0.5) is 0 Å². The minimum atomic E-state index is -1.85. The van der Waals surface area contributed by atoms with Crippen LogP contribution in [-0.2, 0) is 19.1 Å². The van der Waals surface area contributed by atoms with Crippen LogP contribution >= 0.6 is 0 Å². The van der Waals surface area contributed by atoms with Gasteiger partial charge < -0.3 is 14.6 Å². The normalized spacial score (nSPS) is 36.5. The van der Waals surface area contributed by atoms with Gasteiger partial charge in [-0.3, -0.25) is 4.90 Å². The van der Waals surface area contributed by atoms with Crippen molar-refractivity contribution in [2.75, 3.05) is 19.7 Å². The monoisotopic (exact) mass is 333 g/mol. The van der Waals surface area contributed by atoms with Crippen molar-refractivity contribution >= 4 is 11.9 Å². The molecule has 2 saturated heterocycles. The highest BCUT2D eigenvalue weighted by Crippen LogP contribution is 2.33. The van der Waals surface area contributed by atoms with Crippen LogP contribution in [0.5, 0.6) is 0 Å². The van der Waals surface area contributed by atoms with E-state index in [1.165, 1.54) is 6.92 Å². The second kappa shape index (κ2) is 6.18. The van der Waals surface area contributed by atoms with Crippen molar-refractivity contribution < 1.29 is 24.2 Å². The molecule has 0 aromatic heterocycles. The van der Waals surface area contributed by atoms with Gasteiger partial charge in [0, 0.05) is 25.1 Å². The van der Waals surface area contributed by atoms with Crippen molar-refractivity contribution in [3.63, 3.8) is 0 Å². The highest BCUT2D eigenvalue weighted by Gasteiger charge is 2.44. The Balaban J connectivity index is 1.92. The van der Waals surface area contributed by atoms with Crippen LogP contribution < -0.4 is 0 Å². The quantitative estimate of drug-likeness (QED) is 0.407. The molecule has 3 unspecified atom stereocenters. The smallest absolute Gasteiger partial charge is 0.342 e. The molecule has 0 amide bonds. The number of rotatable bonds is 0. The van der Waals surface area contributed by atoms with E-state index in [4.69, 9.17) is 9.47 Å². The third-order valence-corrected chi connectivity index (χ3v) is 5.14. The minimum Gasteiger partial charge on any atom is -0.459 e. The summed E-state index contributed by atoms with van der Waals surface area (Å²) in [5.74, 6) is -1.16. The van der Waals surface area contributed by atoms with Crippen LogP contribution in [0.3, 0.4) is 0 Å². The third-order valence-electron chi connectivity index (χ3n) is 5.14. The molecular formula is C18H23NO5. The van der Waals surface area contributed by atoms with E-state index in [0.717, 1.165) is 25.1 Å². The molecular weight excluding hydrogens is 310 g/mol. The zero-order valence-electron chi connectivity index (χ0n) is 14.1. The number of carbonyl (C=O) groups is 2. The Bertz CT molecular complexity index is 646. The molecule has 130 valence electrons. The fourth-order valence-electron chi connectivity index (χ4n) is 3.47. The number of esters is 2. The van der Waals surface area contributed by atoms with Gasteiger partial charge >= 0.3 is 11.9 Å². The Morgan fingerprint density at radius 3 is 2.92 bits per heavy atom. The largest absolute Gasteiger partial charge is 0.459 e. The van der Waals surface area contributed by atoms with Gasteiger partial charge in [-0.05, 0) is 31.4 Å². The molecule has 0 saturated carbocycles. The summed E-state index contributed by atoms with van der Waals surface area (Å²) >= 11 is 0. The Hall–Kier alpha value is -1.92. The van der Waals surface area contributed by atoms with Crippen LogP contribution in [-0.4, -0.2) is 59.4 Å². The molecule has 2 fully saturated rings. The number of allylic oxidation sites excluding steroid dienone is 1. The molecule has 0 radical (unpaired) electrons. The highest BCUT2D eigenvalue weighted by molar-refractivity contribution is 5.90. The molecule has 24 heavy (non-hydrogen) atoms. The van der Waals surface area contributed by atoms with Gasteiger partial charge in [-0.1, -0.05) is 18.7 Å². The predicted molar refractivity (Wildman–Crippen MR) is 87.0 cm³/mol. The molecule has 0 spiro atoms. The van der Waals surface area contributed by atoms with Gasteiger partial charge in [-0.15, -0.1) is 0 Å². The lowest BCUT2D eigenvalue weighted by molar-refractivity contribution is -0.160. The molecule has 0 aliphatic carbocycles. The number of ether oxygens (including phenoxy) is 2. The minimum absolute atomic E-state index is 0.0487. The summed E-state index contributed by atoms with van der Waals surface area (Å²) in [6, 6.07) is -0.0487. The van der Waals surface area contributed by atoms with Gasteiger partial charge in [-0.2, -0.15) is 0 Å². The van der Waals surface area contributed by atoms with Crippen LogP contribution in [0, 0.1) is 0 Å². The summed E-state index contributed by atoms with van der Waals surface area (Å²) in [4.78, 5) is 27.0. The van der Waals surface area contributed by atoms with Crippen LogP contribution in [0.2, 0.25) is 0 Å². The summed E-state index contributed by atoms with van der Waals surface area (Å²) in [5, 5.41) is 10.5. The van der Waals surface area contributed by atoms with Gasteiger partial charge in [0.1, 0.15) is 12.7 Å². The topological polar surface area (TPSA) is 76.1 Å². The number of hydrogen-bond acceptors (Lipinski definition) is 6. The van der Waals surface area contributed by atoms with Crippen LogP contribution in [0.25, 0.3) is 0 Å². The zero-order valence-corrected chi connectivity index (χ0v) is 14.1. The standard InChI is InChI=1S/C18H23NO5/c1-4-12-9-11(2)18(3,22)17(21)23-10-13-5-7-19-8-6-14(15(13)19)24-16(12)20/h4-5,14-15,22H,2,6-10H2,1,3H3/b12-4+. The molecule has 3 heterocycles. The fraction of sp³-hybridized carbons (Fsp3) is 0.556. The molecule has 6 nitrogen and oxygen atoms in total. The van der Waals surface area contributed by atoms with E-state index >= 15 is 0 Å². The first-order valence-corrected chi connectivity index (χ1v) is 8.21. The average Bonchev–Trinajstić information content (AvgIpc) is 3.12. The fourth-order valence-corrected chi connectivity index (χ4v) is 3.47. The summed E-state index contributed by atoms with van der Waals surface area (Å²) in [5.41, 5.74) is -0.330. The first-order valence-electron chi connectivity index (χ1n) is 8.21. The lowest BCUT2D eigenvalue weighted by Gasteiger charge is -2.28. The van der Waals surface area contributed by atoms with Crippen molar-refractivity contribution in [2.45, 2.75) is 44.4 Å². The van der Waals surface area contributed by atoms with Crippen molar-refractivity contribution in [1.82, 2.24) is 4.90 Å². The summed E-state index contributed by atoms with van der Waals surface area (Å²) in [6.45, 7) is 8.53. The van der Waals surface area contributed by atoms with Crippen LogP contribution in [0.15, 0.2) is 35.5 Å². The van der Waals surface area contributed by atoms with Crippen LogP contribution in [0.1, 0.15) is 26.7 Å². The highest BCUT2D eigenvalue weighted by atomic mass is 16.6. The summed E-state index contributed by atoms with van der Waals surface area (Å²) < 4.78 is 11.1. The van der Waals surface area contributed by atoms with E-state index in [-0.39, 0.29) is 30.7 Å². The SMILES string of the molecule is C=C1C/C(=C\C)C(=O)OC2CCN3CC=C(COC(=O)C1(C)O)C23. The molecule has 3 aliphatic heterocycles. The molecule has 1 N–H and O–H groups in total. The molecule has 3 atom stereocenters. The molecule has 0 bridgehead atoms. The Labute approximate surface area is 141 Å². The lowest BCUT2D eigenvalue weighted by Crippen LogP contribution is -2.42. The summed E-state index contributed by atoms with van der Waals surface area (Å²) in [7, 11) is 0. The first-order chi connectivity index (χ1) is 11.3. The Morgan fingerprint density at radius 1 is 1.46 bits per heavy atom. The molecule has 0 aromatic rings. The number of hydrogen-bond donors (Lipinski definition) is 1. The van der Waals surface area contributed by atoms with Gasteiger partial charge in [0.25, 0.3) is 0 Å². The molecule has 0 aromatic carbocycles. The van der Waals surface area contributed by atoms with Crippen molar-refractivity contribution in [2.24, 2.45) is 0 Å². The second-order valence-electron chi connectivity index (χ2n) is 6.69. The maximum Gasteiger partial charge on any atom is 0.342 e. The Kier molecular flexibility index (Phi) is 4.36. The Morgan fingerprint density at radius 2 is 2.21 bits per heavy atom. The van der Waals surface area contributed by atoms with Crippen molar-refractivity contribution in [3.8, 4) is 0 Å². The van der Waals surface area contributed by atoms with Gasteiger partial charge in [0.15, 0.2) is 5.60 Å². The number of aliphatic hydroxyl groups is 1. The van der Waals surface area contributed by atoms with Gasteiger partial charge in [-0.25, -0.2) is 9.59 Å². The van der Waals surface area contributed by atoms with Gasteiger partial charge in [0.2, 0.25) is 0 Å². The first kappa shape index (κ1) is 16.9. The maximum absolute atomic E-state index is 12.5. The molecule has 3 aliphatic rings. The molecule has 6 heteroatoms. The van der Waals surface area contributed by atoms with Gasteiger partial charge in [0.05, 0.1) is 6.04 Å². The average molecular weight is 333 g/mol. The van der Waals surface area contributed by atoms with Crippen molar-refractivity contribution in [1.29, 1.82) is 0 Å². The number of nitrogens with zero attached hydrogens (tertiary/aromatic N) is 1. The second-order valence-corrected chi connectivity index (χ2v) is 6.69. The van der Waals surface area contributed by atoms with Crippen molar-refractivity contribution in [3.05, 3.63) is 35.5 Å². The predicted octanol–water partition coefficient (Wildman–Crippen LogP) is 1.11. The van der Waals surface area contributed by atoms with E-state index in [0.29, 0.717) is 5.57 Å². The maximum atomic E-state index is 12.5. The van der Waals surface area contributed by atoms with E-state index in [1.54, 1.807) is 13.0 Å². The number of cyclic esters (lactones) is 1. The van der Waals surface area contributed by atoms with E-state index in [2.05, 4.69) is 11.5 Å². The third kappa shape index (κ3) is 2.80. The number of carbonyl (C=O) groups excluding carboxylic acids is 2. The van der Waals surface area contributed by atoms with E-state index < -0.39 is 17.5 Å². The summed E-state index contributed by atoms with van der Waals surface area (Å²) in [6.07, 6.45) is 4.23.